The van der Waals surface area contributed by atoms with Crippen LogP contribution in [0.15, 0.2) is 18.2 Å². The van der Waals surface area contributed by atoms with Gasteiger partial charge in [-0.05, 0) is 46.1 Å². The molecule has 0 aliphatic rings. The number of ether oxygens (including phenoxy) is 1. The van der Waals surface area contributed by atoms with Gasteiger partial charge in [-0.15, -0.1) is 0 Å². The van der Waals surface area contributed by atoms with Crippen molar-refractivity contribution in [1.82, 2.24) is 0 Å². The van der Waals surface area contributed by atoms with Crippen LogP contribution in [-0.2, 0) is 0 Å². The lowest BCUT2D eigenvalue weighted by atomic mass is 10.3. The van der Waals surface area contributed by atoms with Crippen molar-refractivity contribution in [2.75, 3.05) is 12.5 Å². The lowest BCUT2D eigenvalue weighted by Gasteiger charge is -2.06. The monoisotopic (exact) mass is 285 g/mol. The number of anilines is 1. The number of halogens is 3. The fourth-order valence-electron chi connectivity index (χ4n) is 0.752. The van der Waals surface area contributed by atoms with E-state index in [9.17, 15) is 8.96 Å². The van der Waals surface area contributed by atoms with Gasteiger partial charge < -0.3 is 4.74 Å². The van der Waals surface area contributed by atoms with Crippen LogP contribution in [0, 0.1) is 3.57 Å². The van der Waals surface area contributed by atoms with Gasteiger partial charge in [0.25, 0.3) is 0 Å². The number of hydrogen-bond donors (Lipinski definition) is 0. The Morgan fingerprint density at radius 3 is 2.50 bits per heavy atom. The molecule has 1 aromatic carbocycles. The summed E-state index contributed by atoms with van der Waals surface area (Å²) in [4.78, 5) is 0. The molecule has 1 rings (SSSR count). The second-order valence-electron chi connectivity index (χ2n) is 2.05. The molecule has 0 aromatic heterocycles. The molecule has 0 saturated heterocycles. The highest BCUT2D eigenvalue weighted by Gasteiger charge is 2.08. The smallest absolute Gasteiger partial charge is 0.120 e. The van der Waals surface area contributed by atoms with Crippen molar-refractivity contribution in [3.63, 3.8) is 0 Å². The Balaban J connectivity index is 3.03. The number of hydrogen-bond acceptors (Lipinski definition) is 2. The molecule has 1 aromatic rings. The highest BCUT2D eigenvalue weighted by Crippen LogP contribution is 2.27. The van der Waals surface area contributed by atoms with Crippen LogP contribution in [0.4, 0.5) is 14.6 Å². The molecule has 0 unspecified atom stereocenters. The predicted molar refractivity (Wildman–Crippen MR) is 50.4 cm³/mol. The summed E-state index contributed by atoms with van der Waals surface area (Å²) in [5.74, 6) is 0.574. The molecule has 0 bridgehead atoms. The van der Waals surface area contributed by atoms with E-state index in [1.165, 1.54) is 19.2 Å². The van der Waals surface area contributed by atoms with Gasteiger partial charge in [0, 0.05) is 3.57 Å². The van der Waals surface area contributed by atoms with E-state index >= 15 is 0 Å². The summed E-state index contributed by atoms with van der Waals surface area (Å²) in [5, 5.41) is -0.915. The Bertz CT molecular complexity index is 280. The Morgan fingerprint density at radius 1 is 1.42 bits per heavy atom. The van der Waals surface area contributed by atoms with Crippen LogP contribution in [0.3, 0.4) is 0 Å². The highest BCUT2D eigenvalue weighted by atomic mass is 127. The summed E-state index contributed by atoms with van der Waals surface area (Å²) in [7, 11) is 1.49. The van der Waals surface area contributed by atoms with Crippen molar-refractivity contribution in [1.29, 1.82) is 0 Å². The first-order valence-electron chi connectivity index (χ1n) is 3.10. The second-order valence-corrected chi connectivity index (χ2v) is 3.21. The van der Waals surface area contributed by atoms with Crippen LogP contribution < -0.4 is 10.1 Å². The van der Waals surface area contributed by atoms with Crippen LogP contribution >= 0.6 is 22.6 Å². The third-order valence-electron chi connectivity index (χ3n) is 1.34. The van der Waals surface area contributed by atoms with E-state index in [4.69, 9.17) is 4.74 Å². The van der Waals surface area contributed by atoms with Crippen LogP contribution in [0.25, 0.3) is 0 Å². The van der Waals surface area contributed by atoms with E-state index in [1.807, 2.05) is 22.6 Å². The molecule has 0 aliphatic carbocycles. The van der Waals surface area contributed by atoms with Gasteiger partial charge in [-0.3, -0.25) is 0 Å². The van der Waals surface area contributed by atoms with Crippen molar-refractivity contribution in [2.45, 2.75) is 0 Å². The summed E-state index contributed by atoms with van der Waals surface area (Å²) in [6.45, 7) is 0. The van der Waals surface area contributed by atoms with Gasteiger partial charge in [0.1, 0.15) is 11.4 Å². The minimum Gasteiger partial charge on any atom is -0.497 e. The van der Waals surface area contributed by atoms with Crippen molar-refractivity contribution >= 4 is 28.3 Å². The first-order chi connectivity index (χ1) is 5.65. The first-order valence-corrected chi connectivity index (χ1v) is 4.18. The average Bonchev–Trinajstić information content (AvgIpc) is 2.03. The number of benzene rings is 1. The van der Waals surface area contributed by atoms with Gasteiger partial charge in [-0.1, -0.05) is 8.96 Å². The van der Waals surface area contributed by atoms with Crippen LogP contribution in [0.1, 0.15) is 0 Å². The van der Waals surface area contributed by atoms with Crippen LogP contribution in [0.2, 0.25) is 0 Å². The van der Waals surface area contributed by atoms with E-state index in [1.54, 1.807) is 6.07 Å². The predicted octanol–water partition coefficient (Wildman–Crippen LogP) is 2.88. The summed E-state index contributed by atoms with van der Waals surface area (Å²) in [6, 6.07) is 4.34. The molecule has 0 aliphatic heterocycles. The normalized spacial score (nSPS) is 9.67. The summed E-state index contributed by atoms with van der Waals surface area (Å²) < 4.78 is 29.4. The van der Waals surface area contributed by atoms with Gasteiger partial charge in [-0.2, -0.15) is 0 Å². The minimum absolute atomic E-state index is 0.114. The molecule has 66 valence electrons. The molecule has 5 heteroatoms. The van der Waals surface area contributed by atoms with Crippen molar-refractivity contribution in [3.8, 4) is 5.75 Å². The number of nitrogens with zero attached hydrogens (tertiary/aromatic N) is 1. The lowest BCUT2D eigenvalue weighted by Crippen LogP contribution is -1.98. The summed E-state index contributed by atoms with van der Waals surface area (Å²) >= 11 is 1.82. The molecule has 0 atom stereocenters. The summed E-state index contributed by atoms with van der Waals surface area (Å²) in [6.07, 6.45) is 0. The second kappa shape index (κ2) is 3.88. The standard InChI is InChI=1S/C7H6F2INO/c1-12-5-2-3-7(11(8)9)6(10)4-5/h2-4H,1H3. The highest BCUT2D eigenvalue weighted by molar-refractivity contribution is 14.1. The van der Waals surface area contributed by atoms with E-state index < -0.39 is 5.34 Å². The average molecular weight is 285 g/mol. The maximum absolute atomic E-state index is 12.1. The van der Waals surface area contributed by atoms with E-state index in [-0.39, 0.29) is 5.69 Å². The Labute approximate surface area is 82.1 Å². The van der Waals surface area contributed by atoms with Crippen LogP contribution in [-0.4, -0.2) is 7.11 Å². The number of rotatable bonds is 2. The molecule has 0 saturated carbocycles. The third-order valence-corrected chi connectivity index (χ3v) is 2.20. The minimum atomic E-state index is -0.915. The van der Waals surface area contributed by atoms with Gasteiger partial charge in [0.2, 0.25) is 0 Å². The SMILES string of the molecule is COc1ccc(N(F)F)c(I)c1. The molecule has 0 amide bonds. The topological polar surface area (TPSA) is 12.5 Å². The van der Waals surface area contributed by atoms with E-state index in [2.05, 4.69) is 0 Å². The number of methoxy groups -OCH3 is 1. The van der Waals surface area contributed by atoms with Crippen molar-refractivity contribution in [2.24, 2.45) is 0 Å². The Morgan fingerprint density at radius 2 is 2.08 bits per heavy atom. The first kappa shape index (κ1) is 9.50. The van der Waals surface area contributed by atoms with Gasteiger partial charge in [-0.25, -0.2) is 0 Å². The van der Waals surface area contributed by atoms with E-state index in [0.717, 1.165) is 0 Å². The quantitative estimate of drug-likeness (QED) is 0.612. The lowest BCUT2D eigenvalue weighted by molar-refractivity contribution is 0.234. The molecule has 0 fully saturated rings. The summed E-state index contributed by atoms with van der Waals surface area (Å²) in [5.41, 5.74) is -0.114. The van der Waals surface area contributed by atoms with Crippen molar-refractivity contribution in [3.05, 3.63) is 21.8 Å². The molecule has 2 nitrogen and oxygen atoms in total. The Kier molecular flexibility index (Phi) is 3.07. The largest absolute Gasteiger partial charge is 0.497 e. The van der Waals surface area contributed by atoms with Gasteiger partial charge >= 0.3 is 0 Å². The van der Waals surface area contributed by atoms with Gasteiger partial charge in [0.15, 0.2) is 0 Å². The van der Waals surface area contributed by atoms with E-state index in [0.29, 0.717) is 9.32 Å². The van der Waals surface area contributed by atoms with Gasteiger partial charge in [0.05, 0.1) is 7.11 Å². The molecule has 0 heterocycles. The third kappa shape index (κ3) is 1.96. The molecule has 0 radical (unpaired) electrons. The fraction of sp³-hybridized carbons (Fsp3) is 0.143. The molecular weight excluding hydrogens is 279 g/mol. The van der Waals surface area contributed by atoms with Crippen LogP contribution in [0.5, 0.6) is 5.75 Å². The zero-order chi connectivity index (χ0) is 9.14. The Hall–Kier alpha value is -0.590. The maximum atomic E-state index is 12.1. The maximum Gasteiger partial charge on any atom is 0.120 e. The molecule has 0 spiro atoms. The zero-order valence-electron chi connectivity index (χ0n) is 6.22. The zero-order valence-corrected chi connectivity index (χ0v) is 8.38. The fourth-order valence-corrected chi connectivity index (χ4v) is 1.42. The molecule has 0 N–H and O–H groups in total. The molecule has 12 heavy (non-hydrogen) atoms. The van der Waals surface area contributed by atoms with Crippen molar-refractivity contribution < 1.29 is 13.7 Å². The molecular formula is C7H6F2INO.